The number of Topliss-reactive ketones (excluding diaryl/α,β-unsaturated/α-hetero) is 1. The molecule has 1 aliphatic heterocycles. The minimum absolute atomic E-state index is 0.120. The minimum atomic E-state index is -0.422. The van der Waals surface area contributed by atoms with Gasteiger partial charge in [-0.05, 0) is 30.0 Å². The number of allylic oxidation sites excluding steroid dienone is 2. The Balaban J connectivity index is 1.73. The normalized spacial score (nSPS) is 19.5. The summed E-state index contributed by atoms with van der Waals surface area (Å²) in [5.74, 6) is 1.93. The molecule has 158 valence electrons. The molecule has 6 nitrogen and oxygen atoms in total. The van der Waals surface area contributed by atoms with Crippen LogP contribution in [0.4, 0.5) is 5.95 Å². The van der Waals surface area contributed by atoms with Gasteiger partial charge in [0.2, 0.25) is 5.95 Å². The average Bonchev–Trinajstić information content (AvgIpc) is 3.15. The Morgan fingerprint density at radius 1 is 1.13 bits per heavy atom. The highest BCUT2D eigenvalue weighted by atomic mass is 35.5. The van der Waals surface area contributed by atoms with Crippen molar-refractivity contribution in [3.05, 3.63) is 70.4 Å². The predicted octanol–water partition coefficient (Wildman–Crippen LogP) is 5.27. The molecule has 2 heterocycles. The molecule has 1 N–H and O–H groups in total. The number of methoxy groups -OCH3 is 1. The van der Waals surface area contributed by atoms with Crippen LogP contribution in [-0.4, -0.2) is 27.7 Å². The molecule has 1 aromatic heterocycles. The van der Waals surface area contributed by atoms with Gasteiger partial charge in [-0.2, -0.15) is 4.98 Å². The molecule has 0 saturated carbocycles. The Labute approximate surface area is 185 Å². The summed E-state index contributed by atoms with van der Waals surface area (Å²) in [7, 11) is 1.64. The van der Waals surface area contributed by atoms with Gasteiger partial charge in [-0.15, -0.1) is 5.10 Å². The minimum Gasteiger partial charge on any atom is -0.496 e. The Hall–Kier alpha value is -3.12. The largest absolute Gasteiger partial charge is 0.496 e. The highest BCUT2D eigenvalue weighted by Crippen LogP contribution is 2.47. The van der Waals surface area contributed by atoms with E-state index in [-0.39, 0.29) is 11.2 Å². The summed E-state index contributed by atoms with van der Waals surface area (Å²) in [6.07, 6.45) is 1.24. The van der Waals surface area contributed by atoms with Crippen molar-refractivity contribution in [2.45, 2.75) is 32.7 Å². The van der Waals surface area contributed by atoms with Crippen molar-refractivity contribution in [2.75, 3.05) is 12.4 Å². The molecule has 1 unspecified atom stereocenters. The number of rotatable bonds is 3. The lowest BCUT2D eigenvalue weighted by atomic mass is 9.73. The van der Waals surface area contributed by atoms with E-state index in [1.54, 1.807) is 11.8 Å². The summed E-state index contributed by atoms with van der Waals surface area (Å²) in [4.78, 5) is 18.1. The zero-order valence-electron chi connectivity index (χ0n) is 17.6. The van der Waals surface area contributed by atoms with Crippen molar-refractivity contribution in [1.29, 1.82) is 0 Å². The first-order chi connectivity index (χ1) is 14.9. The lowest BCUT2D eigenvalue weighted by Gasteiger charge is -2.38. The van der Waals surface area contributed by atoms with E-state index in [9.17, 15) is 4.79 Å². The standard InChI is InChI=1S/C24H23ClN4O2/c1-24(2)12-17-20(18(30)13-24)21(15-9-5-7-11-19(15)31-3)29-23(26-17)27-22(28-29)14-8-4-6-10-16(14)25/h4-11,21H,12-13H2,1-3H3,(H,26,27,28). The second-order valence-corrected chi connectivity index (χ2v) is 9.19. The van der Waals surface area contributed by atoms with E-state index < -0.39 is 6.04 Å². The molecule has 31 heavy (non-hydrogen) atoms. The summed E-state index contributed by atoms with van der Waals surface area (Å²) >= 11 is 6.41. The molecule has 0 spiro atoms. The van der Waals surface area contributed by atoms with Crippen LogP contribution in [0.3, 0.4) is 0 Å². The van der Waals surface area contributed by atoms with E-state index in [0.717, 1.165) is 28.8 Å². The number of benzene rings is 2. The second kappa shape index (κ2) is 7.24. The number of carbonyl (C=O) groups excluding carboxylic acids is 1. The van der Waals surface area contributed by atoms with E-state index in [2.05, 4.69) is 19.2 Å². The number of fused-ring (bicyclic) bond motifs is 1. The van der Waals surface area contributed by atoms with Crippen LogP contribution in [0.5, 0.6) is 5.75 Å². The third-order valence-corrected chi connectivity index (χ3v) is 6.21. The van der Waals surface area contributed by atoms with Crippen molar-refractivity contribution in [1.82, 2.24) is 14.8 Å². The molecule has 7 heteroatoms. The Bertz CT molecular complexity index is 1230. The zero-order valence-corrected chi connectivity index (χ0v) is 18.4. The topological polar surface area (TPSA) is 69.0 Å². The van der Waals surface area contributed by atoms with E-state index in [1.807, 2.05) is 48.5 Å². The van der Waals surface area contributed by atoms with Gasteiger partial charge in [0.15, 0.2) is 11.6 Å². The van der Waals surface area contributed by atoms with Crippen molar-refractivity contribution in [2.24, 2.45) is 5.41 Å². The molecule has 2 aromatic carbocycles. The first kappa shape index (κ1) is 19.8. The number of carbonyl (C=O) groups is 1. The van der Waals surface area contributed by atoms with Gasteiger partial charge >= 0.3 is 0 Å². The van der Waals surface area contributed by atoms with Gasteiger partial charge in [0, 0.05) is 28.8 Å². The number of anilines is 1. The maximum absolute atomic E-state index is 13.3. The van der Waals surface area contributed by atoms with Gasteiger partial charge in [0.25, 0.3) is 0 Å². The van der Waals surface area contributed by atoms with Crippen LogP contribution in [0.1, 0.15) is 38.3 Å². The fourth-order valence-corrected chi connectivity index (χ4v) is 4.77. The van der Waals surface area contributed by atoms with Gasteiger partial charge in [-0.3, -0.25) is 4.79 Å². The first-order valence-electron chi connectivity index (χ1n) is 10.3. The van der Waals surface area contributed by atoms with Crippen molar-refractivity contribution < 1.29 is 9.53 Å². The van der Waals surface area contributed by atoms with Gasteiger partial charge in [0.1, 0.15) is 11.8 Å². The number of aromatic nitrogens is 3. The van der Waals surface area contributed by atoms with Crippen LogP contribution in [-0.2, 0) is 4.79 Å². The van der Waals surface area contributed by atoms with Gasteiger partial charge in [-0.1, -0.05) is 55.8 Å². The monoisotopic (exact) mass is 434 g/mol. The Morgan fingerprint density at radius 2 is 1.87 bits per heavy atom. The lowest BCUT2D eigenvalue weighted by Crippen LogP contribution is -2.36. The molecule has 1 atom stereocenters. The molecular weight excluding hydrogens is 412 g/mol. The zero-order chi connectivity index (χ0) is 21.8. The SMILES string of the molecule is COc1ccccc1C1C2=C(CC(C)(C)CC2=O)Nc2nc(-c3ccccc3Cl)nn21. The third-order valence-electron chi connectivity index (χ3n) is 5.88. The highest BCUT2D eigenvalue weighted by molar-refractivity contribution is 6.33. The summed E-state index contributed by atoms with van der Waals surface area (Å²) in [5, 5.41) is 8.77. The Morgan fingerprint density at radius 3 is 2.65 bits per heavy atom. The van der Waals surface area contributed by atoms with Crippen molar-refractivity contribution in [3.8, 4) is 17.1 Å². The fraction of sp³-hybridized carbons (Fsp3) is 0.292. The molecule has 0 amide bonds. The second-order valence-electron chi connectivity index (χ2n) is 8.79. The van der Waals surface area contributed by atoms with Crippen LogP contribution < -0.4 is 10.1 Å². The van der Waals surface area contributed by atoms with Crippen LogP contribution in [0.15, 0.2) is 59.8 Å². The van der Waals surface area contributed by atoms with Crippen LogP contribution >= 0.6 is 11.6 Å². The van der Waals surface area contributed by atoms with Crippen molar-refractivity contribution in [3.63, 3.8) is 0 Å². The molecular formula is C24H23ClN4O2. The quantitative estimate of drug-likeness (QED) is 0.608. The van der Waals surface area contributed by atoms with E-state index in [1.165, 1.54) is 0 Å². The van der Waals surface area contributed by atoms with E-state index in [0.29, 0.717) is 29.0 Å². The molecule has 5 rings (SSSR count). The molecule has 0 saturated heterocycles. The number of nitrogens with zero attached hydrogens (tertiary/aromatic N) is 3. The highest BCUT2D eigenvalue weighted by Gasteiger charge is 2.42. The molecule has 0 radical (unpaired) electrons. The van der Waals surface area contributed by atoms with Gasteiger partial charge in [-0.25, -0.2) is 4.68 Å². The Kier molecular flexibility index (Phi) is 4.63. The van der Waals surface area contributed by atoms with Crippen LogP contribution in [0.2, 0.25) is 5.02 Å². The lowest BCUT2D eigenvalue weighted by molar-refractivity contribution is -0.118. The average molecular weight is 435 g/mol. The maximum atomic E-state index is 13.3. The number of hydrogen-bond acceptors (Lipinski definition) is 5. The van der Waals surface area contributed by atoms with E-state index >= 15 is 0 Å². The number of halogens is 1. The number of hydrogen-bond donors (Lipinski definition) is 1. The number of ketones is 1. The molecule has 1 aliphatic carbocycles. The fourth-order valence-electron chi connectivity index (χ4n) is 4.55. The maximum Gasteiger partial charge on any atom is 0.226 e. The molecule has 2 aliphatic rings. The first-order valence-corrected chi connectivity index (χ1v) is 10.6. The number of para-hydroxylation sites is 1. The predicted molar refractivity (Wildman–Crippen MR) is 120 cm³/mol. The summed E-state index contributed by atoms with van der Waals surface area (Å²) in [5.41, 5.74) is 3.14. The van der Waals surface area contributed by atoms with Crippen molar-refractivity contribution >= 4 is 23.3 Å². The molecule has 0 fully saturated rings. The number of nitrogens with one attached hydrogen (secondary N) is 1. The molecule has 0 bridgehead atoms. The third kappa shape index (κ3) is 3.31. The van der Waals surface area contributed by atoms with E-state index in [4.69, 9.17) is 26.4 Å². The smallest absolute Gasteiger partial charge is 0.226 e. The molecule has 3 aromatic rings. The summed E-state index contributed by atoms with van der Waals surface area (Å²) in [6, 6.07) is 14.8. The van der Waals surface area contributed by atoms with Crippen LogP contribution in [0.25, 0.3) is 11.4 Å². The number of ether oxygens (including phenoxy) is 1. The van der Waals surface area contributed by atoms with Crippen LogP contribution in [0, 0.1) is 5.41 Å². The summed E-state index contributed by atoms with van der Waals surface area (Å²) < 4.78 is 7.43. The van der Waals surface area contributed by atoms with Gasteiger partial charge in [0.05, 0.1) is 12.1 Å². The summed E-state index contributed by atoms with van der Waals surface area (Å²) in [6.45, 7) is 4.23. The van der Waals surface area contributed by atoms with Gasteiger partial charge < -0.3 is 10.1 Å².